The van der Waals surface area contributed by atoms with E-state index in [9.17, 15) is 5.11 Å². The molecule has 0 heterocycles. The molecule has 3 aliphatic rings. The van der Waals surface area contributed by atoms with Crippen LogP contribution in [0.3, 0.4) is 0 Å². The summed E-state index contributed by atoms with van der Waals surface area (Å²) in [6, 6.07) is 4.35. The molecule has 0 amide bonds. The van der Waals surface area contributed by atoms with Crippen LogP contribution in [0, 0.1) is 37.5 Å². The van der Waals surface area contributed by atoms with Crippen molar-refractivity contribution in [2.75, 3.05) is 0 Å². The smallest absolute Gasteiger partial charge is 0.121 e. The molecule has 0 spiro atoms. The molecule has 1 nitrogen and oxygen atoms in total. The standard InChI is InChI=1S/C18H24O/c1-10-6-11(2)18(19)17(7-10)16-9-12-8-15(16)14-5-3-4-13(12)14/h6-7,12-16,19H,3-5,8-9H2,1-2H3. The number of phenols is 1. The summed E-state index contributed by atoms with van der Waals surface area (Å²) < 4.78 is 0. The van der Waals surface area contributed by atoms with Crippen LogP contribution in [0.25, 0.3) is 0 Å². The average Bonchev–Trinajstić information content (AvgIpc) is 3.04. The van der Waals surface area contributed by atoms with Crippen LogP contribution in [0.5, 0.6) is 5.75 Å². The zero-order valence-electron chi connectivity index (χ0n) is 12.0. The van der Waals surface area contributed by atoms with Crippen LogP contribution in [0.2, 0.25) is 0 Å². The monoisotopic (exact) mass is 256 g/mol. The molecule has 1 N–H and O–H groups in total. The summed E-state index contributed by atoms with van der Waals surface area (Å²) in [5.74, 6) is 5.06. The Balaban J connectivity index is 1.72. The molecule has 0 radical (unpaired) electrons. The quantitative estimate of drug-likeness (QED) is 0.781. The second-order valence-corrected chi connectivity index (χ2v) is 7.28. The molecule has 0 aromatic heterocycles. The van der Waals surface area contributed by atoms with Crippen molar-refractivity contribution in [3.05, 3.63) is 28.8 Å². The molecule has 4 rings (SSSR count). The highest BCUT2D eigenvalue weighted by molar-refractivity contribution is 5.45. The van der Waals surface area contributed by atoms with Crippen LogP contribution in [0.15, 0.2) is 12.1 Å². The fourth-order valence-corrected chi connectivity index (χ4v) is 5.70. The molecule has 3 saturated carbocycles. The lowest BCUT2D eigenvalue weighted by Gasteiger charge is -2.32. The van der Waals surface area contributed by atoms with Crippen molar-refractivity contribution >= 4 is 0 Å². The second kappa shape index (κ2) is 4.01. The molecule has 2 bridgehead atoms. The lowest BCUT2D eigenvalue weighted by atomic mass is 9.72. The highest BCUT2D eigenvalue weighted by Gasteiger charge is 2.54. The van der Waals surface area contributed by atoms with Gasteiger partial charge in [0.2, 0.25) is 0 Å². The van der Waals surface area contributed by atoms with E-state index in [2.05, 4.69) is 19.1 Å². The number of aryl methyl sites for hydroxylation is 2. The van der Waals surface area contributed by atoms with Crippen LogP contribution >= 0.6 is 0 Å². The van der Waals surface area contributed by atoms with E-state index >= 15 is 0 Å². The van der Waals surface area contributed by atoms with Gasteiger partial charge < -0.3 is 5.11 Å². The first-order chi connectivity index (χ1) is 9.15. The summed E-state index contributed by atoms with van der Waals surface area (Å²) in [5.41, 5.74) is 3.62. The van der Waals surface area contributed by atoms with Crippen LogP contribution in [-0.4, -0.2) is 5.11 Å². The normalized spacial score (nSPS) is 39.8. The maximum Gasteiger partial charge on any atom is 0.121 e. The summed E-state index contributed by atoms with van der Waals surface area (Å²) in [7, 11) is 0. The molecular weight excluding hydrogens is 232 g/mol. The van der Waals surface area contributed by atoms with Gasteiger partial charge in [-0.25, -0.2) is 0 Å². The number of hydrogen-bond donors (Lipinski definition) is 1. The Kier molecular flexibility index (Phi) is 2.49. The first kappa shape index (κ1) is 11.8. The predicted octanol–water partition coefficient (Wildman–Crippen LogP) is 4.55. The molecular formula is C18H24O. The molecule has 19 heavy (non-hydrogen) atoms. The second-order valence-electron chi connectivity index (χ2n) is 7.28. The maximum absolute atomic E-state index is 10.5. The zero-order valence-corrected chi connectivity index (χ0v) is 12.0. The summed E-state index contributed by atoms with van der Waals surface area (Å²) in [6.45, 7) is 4.19. The molecule has 3 aliphatic carbocycles. The summed E-state index contributed by atoms with van der Waals surface area (Å²) in [6.07, 6.45) is 7.16. The van der Waals surface area contributed by atoms with Gasteiger partial charge in [-0.15, -0.1) is 0 Å². The van der Waals surface area contributed by atoms with E-state index in [1.54, 1.807) is 0 Å². The Bertz CT molecular complexity index is 519. The SMILES string of the molecule is Cc1cc(C)c(O)c(C2CC3CC2C2CCCC32)c1. The average molecular weight is 256 g/mol. The predicted molar refractivity (Wildman–Crippen MR) is 77.4 cm³/mol. The first-order valence-electron chi connectivity index (χ1n) is 7.95. The van der Waals surface area contributed by atoms with Gasteiger partial charge in [0.1, 0.15) is 5.75 Å². The fourth-order valence-electron chi connectivity index (χ4n) is 5.70. The molecule has 5 unspecified atom stereocenters. The van der Waals surface area contributed by atoms with Gasteiger partial charge in [0.15, 0.2) is 0 Å². The molecule has 1 aromatic rings. The number of fused-ring (bicyclic) bond motifs is 5. The van der Waals surface area contributed by atoms with Gasteiger partial charge in [0.25, 0.3) is 0 Å². The minimum atomic E-state index is 0.581. The Hall–Kier alpha value is -0.980. The number of benzene rings is 1. The van der Waals surface area contributed by atoms with Crippen LogP contribution in [-0.2, 0) is 0 Å². The van der Waals surface area contributed by atoms with Crippen molar-refractivity contribution in [2.45, 2.75) is 51.9 Å². The van der Waals surface area contributed by atoms with Crippen molar-refractivity contribution in [3.63, 3.8) is 0 Å². The highest BCUT2D eigenvalue weighted by Crippen LogP contribution is 2.64. The third-order valence-electron chi connectivity index (χ3n) is 6.30. The molecule has 3 fully saturated rings. The zero-order chi connectivity index (χ0) is 13.1. The van der Waals surface area contributed by atoms with E-state index in [1.807, 2.05) is 6.92 Å². The third kappa shape index (κ3) is 1.60. The van der Waals surface area contributed by atoms with Gasteiger partial charge in [-0.1, -0.05) is 24.1 Å². The first-order valence-corrected chi connectivity index (χ1v) is 7.95. The van der Waals surface area contributed by atoms with E-state index in [0.717, 1.165) is 29.2 Å². The number of phenolic OH excluding ortho intramolecular Hbond substituents is 1. The van der Waals surface area contributed by atoms with E-state index < -0.39 is 0 Å². The molecule has 1 heteroatoms. The summed E-state index contributed by atoms with van der Waals surface area (Å²) in [4.78, 5) is 0. The van der Waals surface area contributed by atoms with E-state index in [-0.39, 0.29) is 0 Å². The van der Waals surface area contributed by atoms with Crippen molar-refractivity contribution in [3.8, 4) is 5.75 Å². The maximum atomic E-state index is 10.5. The van der Waals surface area contributed by atoms with Crippen molar-refractivity contribution in [2.24, 2.45) is 23.7 Å². The topological polar surface area (TPSA) is 20.2 Å². The Morgan fingerprint density at radius 1 is 1.00 bits per heavy atom. The highest BCUT2D eigenvalue weighted by atomic mass is 16.3. The van der Waals surface area contributed by atoms with Crippen LogP contribution < -0.4 is 0 Å². The Labute approximate surface area is 116 Å². The summed E-state index contributed by atoms with van der Waals surface area (Å²) >= 11 is 0. The van der Waals surface area contributed by atoms with Crippen molar-refractivity contribution in [1.29, 1.82) is 0 Å². The van der Waals surface area contributed by atoms with E-state index in [1.165, 1.54) is 43.2 Å². The fraction of sp³-hybridized carbons (Fsp3) is 0.667. The number of aromatic hydroxyl groups is 1. The van der Waals surface area contributed by atoms with Gasteiger partial charge >= 0.3 is 0 Å². The van der Waals surface area contributed by atoms with Gasteiger partial charge in [-0.05, 0) is 80.2 Å². The molecule has 102 valence electrons. The van der Waals surface area contributed by atoms with Gasteiger partial charge in [0.05, 0.1) is 0 Å². The lowest BCUT2D eigenvalue weighted by Crippen LogP contribution is -2.23. The Morgan fingerprint density at radius 3 is 2.63 bits per heavy atom. The van der Waals surface area contributed by atoms with E-state index in [4.69, 9.17) is 0 Å². The third-order valence-corrected chi connectivity index (χ3v) is 6.30. The Morgan fingerprint density at radius 2 is 1.79 bits per heavy atom. The van der Waals surface area contributed by atoms with Crippen LogP contribution in [0.1, 0.15) is 54.7 Å². The van der Waals surface area contributed by atoms with Gasteiger partial charge in [-0.2, -0.15) is 0 Å². The molecule has 0 aliphatic heterocycles. The largest absolute Gasteiger partial charge is 0.507 e. The van der Waals surface area contributed by atoms with Crippen LogP contribution in [0.4, 0.5) is 0 Å². The van der Waals surface area contributed by atoms with Gasteiger partial charge in [-0.3, -0.25) is 0 Å². The molecule has 1 aromatic carbocycles. The summed E-state index contributed by atoms with van der Waals surface area (Å²) in [5, 5.41) is 10.5. The molecule has 5 atom stereocenters. The number of hydrogen-bond acceptors (Lipinski definition) is 1. The van der Waals surface area contributed by atoms with Gasteiger partial charge in [0, 0.05) is 0 Å². The van der Waals surface area contributed by atoms with Crippen molar-refractivity contribution in [1.82, 2.24) is 0 Å². The molecule has 0 saturated heterocycles. The number of rotatable bonds is 1. The van der Waals surface area contributed by atoms with Crippen molar-refractivity contribution < 1.29 is 5.11 Å². The van der Waals surface area contributed by atoms with E-state index in [0.29, 0.717) is 11.7 Å². The minimum Gasteiger partial charge on any atom is -0.507 e. The lowest BCUT2D eigenvalue weighted by molar-refractivity contribution is 0.230. The minimum absolute atomic E-state index is 0.581.